The maximum absolute atomic E-state index is 13.1. The third kappa shape index (κ3) is 5.70. The molecule has 2 aliphatic rings. The molecule has 0 saturated heterocycles. The first kappa shape index (κ1) is 28.3. The quantitative estimate of drug-likeness (QED) is 0.434. The third-order valence-corrected chi connectivity index (χ3v) is 8.44. The molecule has 0 bridgehead atoms. The van der Waals surface area contributed by atoms with E-state index in [2.05, 4.69) is 9.88 Å². The van der Waals surface area contributed by atoms with Crippen LogP contribution in [0.4, 0.5) is 5.95 Å². The maximum atomic E-state index is 13.1. The zero-order chi connectivity index (χ0) is 28.7. The molecule has 0 fully saturated rings. The molecule has 13 heteroatoms. The number of imidazole rings is 1. The number of anilines is 1. The predicted molar refractivity (Wildman–Crippen MR) is 152 cm³/mol. The molecule has 0 radical (unpaired) electrons. The van der Waals surface area contributed by atoms with E-state index in [1.165, 1.54) is 0 Å². The molecule has 0 aliphatic carbocycles. The van der Waals surface area contributed by atoms with Gasteiger partial charge in [-0.2, -0.15) is 8.42 Å². The molecule has 0 amide bonds. The smallest absolute Gasteiger partial charge is 0.261 e. The van der Waals surface area contributed by atoms with Crippen LogP contribution in [-0.2, 0) is 20.1 Å². The topological polar surface area (TPSA) is 157 Å². The van der Waals surface area contributed by atoms with Crippen molar-refractivity contribution < 1.29 is 26.1 Å². The average molecular weight is 574 g/mol. The summed E-state index contributed by atoms with van der Waals surface area (Å²) < 4.78 is 58.5. The number of hydrogen-bond acceptors (Lipinski definition) is 9. The van der Waals surface area contributed by atoms with Gasteiger partial charge in [-0.15, -0.1) is 0 Å². The number of amidine groups is 1. The van der Waals surface area contributed by atoms with E-state index in [0.717, 1.165) is 32.3 Å². The summed E-state index contributed by atoms with van der Waals surface area (Å²) in [6, 6.07) is 13.2. The number of allylic oxidation sites excluding steroid dienone is 2. The van der Waals surface area contributed by atoms with E-state index in [-0.39, 0.29) is 18.0 Å². The number of rotatable bonds is 5. The lowest BCUT2D eigenvalue weighted by molar-refractivity contribution is 0.393. The summed E-state index contributed by atoms with van der Waals surface area (Å²) in [6.45, 7) is 5.31. The second kappa shape index (κ2) is 10.5. The van der Waals surface area contributed by atoms with E-state index >= 15 is 0 Å². The first-order valence-electron chi connectivity index (χ1n) is 12.0. The number of ether oxygens (including phenoxy) is 1. The minimum atomic E-state index is -3.69. The predicted octanol–water partition coefficient (Wildman–Crippen LogP) is 3.69. The van der Waals surface area contributed by atoms with Crippen LogP contribution in [0.15, 0.2) is 71.4 Å². The van der Waals surface area contributed by atoms with Crippen LogP contribution in [0, 0.1) is 0 Å². The molecule has 11 nitrogen and oxygen atoms in total. The highest BCUT2D eigenvalue weighted by Crippen LogP contribution is 2.45. The van der Waals surface area contributed by atoms with Crippen LogP contribution < -0.4 is 10.5 Å². The molecule has 3 heterocycles. The van der Waals surface area contributed by atoms with E-state index < -0.39 is 25.4 Å². The fraction of sp³-hybridized carbons (Fsp3) is 0.308. The van der Waals surface area contributed by atoms with Crippen LogP contribution in [0.2, 0.25) is 0 Å². The van der Waals surface area contributed by atoms with E-state index in [1.54, 1.807) is 21.0 Å². The van der Waals surface area contributed by atoms with Crippen molar-refractivity contribution in [2.45, 2.75) is 38.1 Å². The van der Waals surface area contributed by atoms with Crippen molar-refractivity contribution in [2.24, 2.45) is 4.99 Å². The highest BCUT2D eigenvalue weighted by molar-refractivity contribution is 7.90. The maximum Gasteiger partial charge on any atom is 0.261 e. The number of nitrogens with two attached hydrogens (primary N) is 1. The Balaban J connectivity index is 0.000000648. The Hall–Kier alpha value is -3.68. The lowest BCUT2D eigenvalue weighted by Crippen LogP contribution is -2.28. The van der Waals surface area contributed by atoms with Gasteiger partial charge in [0, 0.05) is 6.20 Å². The molecule has 2 aromatic carbocycles. The third-order valence-electron chi connectivity index (χ3n) is 6.36. The summed E-state index contributed by atoms with van der Waals surface area (Å²) in [7, 11) is -5.71. The fourth-order valence-corrected chi connectivity index (χ4v) is 5.67. The average Bonchev–Trinajstić information content (AvgIpc) is 3.41. The van der Waals surface area contributed by atoms with Gasteiger partial charge < -0.3 is 15.4 Å². The molecule has 0 saturated carbocycles. The van der Waals surface area contributed by atoms with Gasteiger partial charge in [-0.25, -0.2) is 17.4 Å². The standard InChI is InChI=1S/C25H27N5O3S.CH4O3S/c1-15(2)34(31,32)30-21-14-18(9-12-20(21)27-25(30)26)23-22(17-7-10-19(33-4)11-8-17)28-24-16(3)6-5-13-29(23)24;1-5(2,3)4/h5-15,22-23H,1-4H3,(H2,26,27);1H3,(H,2,3,4). The number of benzene rings is 2. The first-order chi connectivity index (χ1) is 18.2. The van der Waals surface area contributed by atoms with Gasteiger partial charge in [-0.05, 0) is 67.8 Å². The first-order valence-corrected chi connectivity index (χ1v) is 15.4. The normalized spacial score (nSPS) is 18.9. The molecule has 5 rings (SSSR count). The van der Waals surface area contributed by atoms with Crippen molar-refractivity contribution in [2.75, 3.05) is 19.1 Å². The van der Waals surface area contributed by atoms with E-state index in [4.69, 9.17) is 20.0 Å². The molecule has 39 heavy (non-hydrogen) atoms. The zero-order valence-corrected chi connectivity index (χ0v) is 23.8. The van der Waals surface area contributed by atoms with Crippen LogP contribution >= 0.6 is 0 Å². The van der Waals surface area contributed by atoms with E-state index in [9.17, 15) is 16.8 Å². The Labute approximate surface area is 228 Å². The second-order valence-corrected chi connectivity index (χ2v) is 13.3. The molecule has 208 valence electrons. The van der Waals surface area contributed by atoms with Crippen molar-refractivity contribution in [3.05, 3.63) is 77.5 Å². The number of hydrogen-bond donors (Lipinski definition) is 2. The monoisotopic (exact) mass is 573 g/mol. The van der Waals surface area contributed by atoms with Crippen molar-refractivity contribution in [3.63, 3.8) is 0 Å². The van der Waals surface area contributed by atoms with Gasteiger partial charge >= 0.3 is 0 Å². The summed E-state index contributed by atoms with van der Waals surface area (Å²) in [5.41, 5.74) is 10.1. The van der Waals surface area contributed by atoms with Crippen LogP contribution in [0.1, 0.15) is 44.0 Å². The minimum absolute atomic E-state index is 0.0347. The number of aromatic nitrogens is 2. The molecular weight excluding hydrogens is 542 g/mol. The van der Waals surface area contributed by atoms with Crippen LogP contribution in [-0.4, -0.2) is 59.7 Å². The molecule has 1 aromatic heterocycles. The Bertz CT molecular complexity index is 1700. The molecule has 3 N–H and O–H groups in total. The molecule has 3 aromatic rings. The summed E-state index contributed by atoms with van der Waals surface area (Å²) in [4.78, 5) is 11.5. The van der Waals surface area contributed by atoms with Crippen LogP contribution in [0.3, 0.4) is 0 Å². The van der Waals surface area contributed by atoms with Gasteiger partial charge in [-0.3, -0.25) is 9.55 Å². The van der Waals surface area contributed by atoms with Crippen molar-refractivity contribution in [3.8, 4) is 5.75 Å². The molecule has 2 atom stereocenters. The number of aliphatic imine (C=N–C) groups is 1. The second-order valence-electron chi connectivity index (χ2n) is 9.52. The molecule has 0 spiro atoms. The van der Waals surface area contributed by atoms with Gasteiger partial charge in [0.2, 0.25) is 16.0 Å². The highest BCUT2D eigenvalue weighted by atomic mass is 32.2. The van der Waals surface area contributed by atoms with E-state index in [0.29, 0.717) is 17.3 Å². The largest absolute Gasteiger partial charge is 0.497 e. The fourth-order valence-electron chi connectivity index (χ4n) is 4.53. The van der Waals surface area contributed by atoms with Gasteiger partial charge in [0.1, 0.15) is 17.6 Å². The summed E-state index contributed by atoms with van der Waals surface area (Å²) in [5, 5.41) is -0.637. The van der Waals surface area contributed by atoms with Gasteiger partial charge in [-0.1, -0.05) is 24.3 Å². The number of nitrogens with zero attached hydrogens (tertiary/aromatic N) is 4. The van der Waals surface area contributed by atoms with Crippen molar-refractivity contribution >= 4 is 43.0 Å². The Morgan fingerprint density at radius 2 is 1.67 bits per heavy atom. The van der Waals surface area contributed by atoms with Gasteiger partial charge in [0.05, 0.1) is 35.7 Å². The van der Waals surface area contributed by atoms with Gasteiger partial charge in [0.15, 0.2) is 0 Å². The minimum Gasteiger partial charge on any atom is -0.497 e. The molecule has 2 aliphatic heterocycles. The van der Waals surface area contributed by atoms with Crippen LogP contribution in [0.5, 0.6) is 5.75 Å². The lowest BCUT2D eigenvalue weighted by atomic mass is 9.93. The molecule has 2 unspecified atom stereocenters. The highest BCUT2D eigenvalue weighted by Gasteiger charge is 2.39. The lowest BCUT2D eigenvalue weighted by Gasteiger charge is -2.30. The van der Waals surface area contributed by atoms with E-state index in [1.807, 2.05) is 67.7 Å². The number of methoxy groups -OCH3 is 1. The van der Waals surface area contributed by atoms with Crippen LogP contribution in [0.25, 0.3) is 11.0 Å². The Morgan fingerprint density at radius 3 is 2.26 bits per heavy atom. The zero-order valence-electron chi connectivity index (χ0n) is 22.2. The molecular formula is C26H31N5O6S2. The number of nitrogen functional groups attached to an aromatic ring is 1. The summed E-state index contributed by atoms with van der Waals surface area (Å²) in [5.74, 6) is 1.64. The van der Waals surface area contributed by atoms with Crippen molar-refractivity contribution in [1.29, 1.82) is 0 Å². The van der Waals surface area contributed by atoms with Gasteiger partial charge in [0.25, 0.3) is 10.1 Å². The SMILES string of the molecule is COc1ccc(C2N=C3C(C)=CC=CN3C2c2ccc3nc(N)n(S(=O)(=O)C(C)C)c3c2)cc1.CS(=O)(=O)O. The summed E-state index contributed by atoms with van der Waals surface area (Å²) in [6.07, 6.45) is 6.77. The Morgan fingerprint density at radius 1 is 1.05 bits per heavy atom. The Kier molecular flexibility index (Phi) is 7.61. The van der Waals surface area contributed by atoms with Crippen molar-refractivity contribution in [1.82, 2.24) is 13.9 Å². The number of fused-ring (bicyclic) bond motifs is 2. The summed E-state index contributed by atoms with van der Waals surface area (Å²) >= 11 is 0.